The van der Waals surface area contributed by atoms with Crippen LogP contribution >= 0.6 is 0 Å². The smallest absolute Gasteiger partial charge is 0.234 e. The van der Waals surface area contributed by atoms with E-state index in [1.807, 2.05) is 11.8 Å². The molecule has 0 bridgehead atoms. The second-order valence-electron chi connectivity index (χ2n) is 5.85. The highest BCUT2D eigenvalue weighted by Crippen LogP contribution is 2.07. The molecule has 1 saturated heterocycles. The Balaban J connectivity index is 2.36. The van der Waals surface area contributed by atoms with Crippen LogP contribution in [0, 0.1) is 5.92 Å². The van der Waals surface area contributed by atoms with E-state index < -0.39 is 0 Å². The SMILES string of the molecule is CC(C)C(C)NC(=O)CN(CCO)CC1CCCN1. The van der Waals surface area contributed by atoms with Gasteiger partial charge in [-0.05, 0) is 32.2 Å². The molecule has 1 aliphatic heterocycles. The fourth-order valence-electron chi connectivity index (χ4n) is 2.27. The van der Waals surface area contributed by atoms with E-state index in [0.717, 1.165) is 19.5 Å². The van der Waals surface area contributed by atoms with E-state index in [2.05, 4.69) is 24.5 Å². The van der Waals surface area contributed by atoms with Crippen LogP contribution in [0.4, 0.5) is 0 Å². The molecule has 5 heteroatoms. The van der Waals surface area contributed by atoms with Gasteiger partial charge in [0.15, 0.2) is 0 Å². The van der Waals surface area contributed by atoms with Gasteiger partial charge in [-0.25, -0.2) is 0 Å². The van der Waals surface area contributed by atoms with Gasteiger partial charge in [0.1, 0.15) is 0 Å². The van der Waals surface area contributed by atoms with Crippen LogP contribution in [0.1, 0.15) is 33.6 Å². The van der Waals surface area contributed by atoms with Crippen molar-refractivity contribution in [3.8, 4) is 0 Å². The molecule has 1 fully saturated rings. The van der Waals surface area contributed by atoms with Crippen molar-refractivity contribution in [3.05, 3.63) is 0 Å². The van der Waals surface area contributed by atoms with Crippen LogP contribution in [0.3, 0.4) is 0 Å². The zero-order valence-corrected chi connectivity index (χ0v) is 12.5. The normalized spacial score (nSPS) is 21.1. The number of hydrogen-bond acceptors (Lipinski definition) is 4. The molecule has 2 unspecified atom stereocenters. The Hall–Kier alpha value is -0.650. The summed E-state index contributed by atoms with van der Waals surface area (Å²) in [6.45, 7) is 9.14. The van der Waals surface area contributed by atoms with E-state index in [0.29, 0.717) is 25.0 Å². The number of aliphatic hydroxyl groups excluding tert-OH is 1. The predicted molar refractivity (Wildman–Crippen MR) is 77.0 cm³/mol. The van der Waals surface area contributed by atoms with Crippen LogP contribution in [0.2, 0.25) is 0 Å². The maximum absolute atomic E-state index is 12.0. The highest BCUT2D eigenvalue weighted by atomic mass is 16.3. The number of nitrogens with one attached hydrogen (secondary N) is 2. The van der Waals surface area contributed by atoms with Crippen molar-refractivity contribution < 1.29 is 9.90 Å². The van der Waals surface area contributed by atoms with Gasteiger partial charge < -0.3 is 15.7 Å². The van der Waals surface area contributed by atoms with Crippen molar-refractivity contribution in [2.24, 2.45) is 5.92 Å². The van der Waals surface area contributed by atoms with E-state index in [1.54, 1.807) is 0 Å². The van der Waals surface area contributed by atoms with Crippen LogP contribution in [-0.4, -0.2) is 60.8 Å². The van der Waals surface area contributed by atoms with Crippen LogP contribution < -0.4 is 10.6 Å². The summed E-state index contributed by atoms with van der Waals surface area (Å²) >= 11 is 0. The molecule has 19 heavy (non-hydrogen) atoms. The highest BCUT2D eigenvalue weighted by Gasteiger charge is 2.20. The van der Waals surface area contributed by atoms with Crippen molar-refractivity contribution in [1.82, 2.24) is 15.5 Å². The number of rotatable bonds is 8. The Bertz CT molecular complexity index is 265. The molecule has 5 nitrogen and oxygen atoms in total. The Morgan fingerprint density at radius 2 is 2.21 bits per heavy atom. The van der Waals surface area contributed by atoms with E-state index >= 15 is 0 Å². The largest absolute Gasteiger partial charge is 0.395 e. The lowest BCUT2D eigenvalue weighted by atomic mass is 10.1. The average molecular weight is 271 g/mol. The van der Waals surface area contributed by atoms with Gasteiger partial charge in [-0.2, -0.15) is 0 Å². The molecule has 112 valence electrons. The predicted octanol–water partition coefficient (Wildman–Crippen LogP) is 0.193. The minimum Gasteiger partial charge on any atom is -0.395 e. The maximum Gasteiger partial charge on any atom is 0.234 e. The first-order valence-corrected chi connectivity index (χ1v) is 7.39. The summed E-state index contributed by atoms with van der Waals surface area (Å²) in [5, 5.41) is 15.5. The van der Waals surface area contributed by atoms with Crippen molar-refractivity contribution in [2.45, 2.75) is 45.7 Å². The summed E-state index contributed by atoms with van der Waals surface area (Å²) in [7, 11) is 0. The van der Waals surface area contributed by atoms with Crippen molar-refractivity contribution >= 4 is 5.91 Å². The first-order valence-electron chi connectivity index (χ1n) is 7.39. The van der Waals surface area contributed by atoms with Gasteiger partial charge in [0, 0.05) is 25.2 Å². The summed E-state index contributed by atoms with van der Waals surface area (Å²) in [6, 6.07) is 0.648. The maximum atomic E-state index is 12.0. The molecule has 0 aromatic rings. The molecule has 0 radical (unpaired) electrons. The summed E-state index contributed by atoms with van der Waals surface area (Å²) in [4.78, 5) is 14.0. The van der Waals surface area contributed by atoms with Crippen LogP contribution in [-0.2, 0) is 4.79 Å². The molecule has 0 aromatic carbocycles. The van der Waals surface area contributed by atoms with Crippen LogP contribution in [0.25, 0.3) is 0 Å². The molecule has 0 aliphatic carbocycles. The van der Waals surface area contributed by atoms with Crippen LogP contribution in [0.5, 0.6) is 0 Å². The number of carbonyl (C=O) groups is 1. The quantitative estimate of drug-likeness (QED) is 0.590. The van der Waals surface area contributed by atoms with Crippen molar-refractivity contribution in [3.63, 3.8) is 0 Å². The fraction of sp³-hybridized carbons (Fsp3) is 0.929. The van der Waals surface area contributed by atoms with E-state index in [9.17, 15) is 4.79 Å². The summed E-state index contributed by atoms with van der Waals surface area (Å²) in [5.74, 6) is 0.486. The summed E-state index contributed by atoms with van der Waals surface area (Å²) < 4.78 is 0. The van der Waals surface area contributed by atoms with Crippen molar-refractivity contribution in [1.29, 1.82) is 0 Å². The standard InChI is InChI=1S/C14H29N3O2/c1-11(2)12(3)16-14(19)10-17(7-8-18)9-13-5-4-6-15-13/h11-13,15,18H,4-10H2,1-3H3,(H,16,19). The number of amides is 1. The molecule has 1 rings (SSSR count). The Kier molecular flexibility index (Phi) is 7.34. The van der Waals surface area contributed by atoms with E-state index in [4.69, 9.17) is 5.11 Å². The molecule has 1 heterocycles. The Morgan fingerprint density at radius 3 is 2.74 bits per heavy atom. The molecule has 1 aliphatic rings. The summed E-state index contributed by atoms with van der Waals surface area (Å²) in [5.41, 5.74) is 0. The molecule has 2 atom stereocenters. The lowest BCUT2D eigenvalue weighted by Crippen LogP contribution is -2.46. The van der Waals surface area contributed by atoms with Crippen LogP contribution in [0.15, 0.2) is 0 Å². The van der Waals surface area contributed by atoms with Gasteiger partial charge >= 0.3 is 0 Å². The third-order valence-corrected chi connectivity index (χ3v) is 3.81. The van der Waals surface area contributed by atoms with E-state index in [-0.39, 0.29) is 18.6 Å². The summed E-state index contributed by atoms with van der Waals surface area (Å²) in [6.07, 6.45) is 2.36. The van der Waals surface area contributed by atoms with Crippen molar-refractivity contribution in [2.75, 3.05) is 32.8 Å². The number of nitrogens with zero attached hydrogens (tertiary/aromatic N) is 1. The minimum absolute atomic E-state index is 0.0487. The molecule has 0 aromatic heterocycles. The molecule has 3 N–H and O–H groups in total. The zero-order chi connectivity index (χ0) is 14.3. The lowest BCUT2D eigenvalue weighted by Gasteiger charge is -2.25. The van der Waals surface area contributed by atoms with E-state index in [1.165, 1.54) is 6.42 Å². The first-order chi connectivity index (χ1) is 9.02. The molecule has 1 amide bonds. The molecular weight excluding hydrogens is 242 g/mol. The van der Waals surface area contributed by atoms with Gasteiger partial charge in [-0.3, -0.25) is 9.69 Å². The third-order valence-electron chi connectivity index (χ3n) is 3.81. The zero-order valence-electron chi connectivity index (χ0n) is 12.5. The second kappa shape index (κ2) is 8.51. The Labute approximate surface area is 116 Å². The fourth-order valence-corrected chi connectivity index (χ4v) is 2.27. The third kappa shape index (κ3) is 6.36. The molecular formula is C14H29N3O2. The Morgan fingerprint density at radius 1 is 1.47 bits per heavy atom. The number of carbonyl (C=O) groups excluding carboxylic acids is 1. The second-order valence-corrected chi connectivity index (χ2v) is 5.85. The number of aliphatic hydroxyl groups is 1. The average Bonchev–Trinajstić information content (AvgIpc) is 2.81. The first kappa shape index (κ1) is 16.4. The molecule has 0 saturated carbocycles. The highest BCUT2D eigenvalue weighted by molar-refractivity contribution is 5.78. The minimum atomic E-state index is 0.0487. The van der Waals surface area contributed by atoms with Gasteiger partial charge in [0.2, 0.25) is 5.91 Å². The monoisotopic (exact) mass is 271 g/mol. The van der Waals surface area contributed by atoms with Gasteiger partial charge in [-0.15, -0.1) is 0 Å². The van der Waals surface area contributed by atoms with Gasteiger partial charge in [-0.1, -0.05) is 13.8 Å². The molecule has 0 spiro atoms. The van der Waals surface area contributed by atoms with Gasteiger partial charge in [0.25, 0.3) is 0 Å². The lowest BCUT2D eigenvalue weighted by molar-refractivity contribution is -0.123. The number of hydrogen-bond donors (Lipinski definition) is 3. The topological polar surface area (TPSA) is 64.6 Å². The van der Waals surface area contributed by atoms with Gasteiger partial charge in [0.05, 0.1) is 13.2 Å².